The van der Waals surface area contributed by atoms with Crippen LogP contribution in [-0.4, -0.2) is 30.5 Å². The van der Waals surface area contributed by atoms with Gasteiger partial charge >= 0.3 is 0 Å². The highest BCUT2D eigenvalue weighted by Crippen LogP contribution is 2.25. The van der Waals surface area contributed by atoms with E-state index in [4.69, 9.17) is 14.7 Å². The third kappa shape index (κ3) is 2.78. The second-order valence-corrected chi connectivity index (χ2v) is 4.40. The molecule has 18 heavy (non-hydrogen) atoms. The summed E-state index contributed by atoms with van der Waals surface area (Å²) in [6.07, 6.45) is 1.28. The minimum atomic E-state index is -1.10. The fourth-order valence-electron chi connectivity index (χ4n) is 1.90. The lowest BCUT2D eigenvalue weighted by molar-refractivity contribution is -0.106. The van der Waals surface area contributed by atoms with Crippen LogP contribution in [0.15, 0.2) is 18.2 Å². The van der Waals surface area contributed by atoms with Crippen molar-refractivity contribution in [2.45, 2.75) is 18.4 Å². The zero-order chi connectivity index (χ0) is 13.0. The summed E-state index contributed by atoms with van der Waals surface area (Å²) in [5.74, 6) is -0.714. The topological polar surface area (TPSA) is 62.5 Å². The predicted octanol–water partition coefficient (Wildman–Crippen LogP) is 1.62. The standard InChI is InChI=1S/C13H14FNO3/c14-11-4-1-3-10(7-15)12(11)18-9-13(16)5-2-6-17-8-13/h1,3-4,16H,2,5-6,8-9H2. The molecule has 1 aromatic carbocycles. The number of nitriles is 1. The SMILES string of the molecule is N#Cc1cccc(F)c1OCC1(O)CCCOC1. The zero-order valence-electron chi connectivity index (χ0n) is 9.86. The number of para-hydroxylation sites is 1. The van der Waals surface area contributed by atoms with Crippen LogP contribution in [0.1, 0.15) is 18.4 Å². The number of ether oxygens (including phenoxy) is 2. The van der Waals surface area contributed by atoms with E-state index in [0.29, 0.717) is 13.0 Å². The van der Waals surface area contributed by atoms with Crippen molar-refractivity contribution in [1.29, 1.82) is 5.26 Å². The number of rotatable bonds is 3. The summed E-state index contributed by atoms with van der Waals surface area (Å²) in [6.45, 7) is 0.706. The van der Waals surface area contributed by atoms with Crippen LogP contribution in [-0.2, 0) is 4.74 Å². The van der Waals surface area contributed by atoms with E-state index < -0.39 is 11.4 Å². The summed E-state index contributed by atoms with van der Waals surface area (Å²) in [6, 6.07) is 5.99. The van der Waals surface area contributed by atoms with Gasteiger partial charge in [0, 0.05) is 6.61 Å². The highest BCUT2D eigenvalue weighted by Gasteiger charge is 2.31. The van der Waals surface area contributed by atoms with E-state index in [1.54, 1.807) is 0 Å². The average Bonchev–Trinajstić information content (AvgIpc) is 2.38. The van der Waals surface area contributed by atoms with Crippen LogP contribution in [0.25, 0.3) is 0 Å². The molecule has 96 valence electrons. The molecule has 1 N–H and O–H groups in total. The number of nitrogens with zero attached hydrogens (tertiary/aromatic N) is 1. The summed E-state index contributed by atoms with van der Waals surface area (Å²) < 4.78 is 24.0. The largest absolute Gasteiger partial charge is 0.486 e. The Morgan fingerprint density at radius 3 is 3.06 bits per heavy atom. The first-order valence-electron chi connectivity index (χ1n) is 5.76. The van der Waals surface area contributed by atoms with E-state index in [-0.39, 0.29) is 24.5 Å². The minimum absolute atomic E-state index is 0.0807. The fraction of sp³-hybridized carbons (Fsp3) is 0.462. The Balaban J connectivity index is 2.08. The number of hydrogen-bond acceptors (Lipinski definition) is 4. The third-order valence-electron chi connectivity index (χ3n) is 2.87. The van der Waals surface area contributed by atoms with E-state index in [2.05, 4.69) is 0 Å². The van der Waals surface area contributed by atoms with Crippen molar-refractivity contribution in [3.63, 3.8) is 0 Å². The van der Waals surface area contributed by atoms with E-state index in [0.717, 1.165) is 6.42 Å². The molecule has 1 aliphatic heterocycles. The van der Waals surface area contributed by atoms with Crippen LogP contribution < -0.4 is 4.74 Å². The molecule has 0 saturated carbocycles. The number of halogens is 1. The van der Waals surface area contributed by atoms with Crippen LogP contribution in [0.4, 0.5) is 4.39 Å². The highest BCUT2D eigenvalue weighted by atomic mass is 19.1. The van der Waals surface area contributed by atoms with Crippen molar-refractivity contribution >= 4 is 0 Å². The molecule has 0 aromatic heterocycles. The molecule has 1 saturated heterocycles. The molecule has 1 unspecified atom stereocenters. The first-order valence-corrected chi connectivity index (χ1v) is 5.76. The Labute approximate surface area is 105 Å². The first kappa shape index (κ1) is 12.8. The minimum Gasteiger partial charge on any atom is -0.486 e. The van der Waals surface area contributed by atoms with Crippen LogP contribution in [0.2, 0.25) is 0 Å². The predicted molar refractivity (Wildman–Crippen MR) is 61.6 cm³/mol. The number of aliphatic hydroxyl groups is 1. The zero-order valence-corrected chi connectivity index (χ0v) is 9.86. The lowest BCUT2D eigenvalue weighted by Gasteiger charge is -2.31. The average molecular weight is 251 g/mol. The monoisotopic (exact) mass is 251 g/mol. The van der Waals surface area contributed by atoms with Gasteiger partial charge in [0.05, 0.1) is 12.2 Å². The molecule has 0 bridgehead atoms. The Hall–Kier alpha value is -1.64. The van der Waals surface area contributed by atoms with Gasteiger partial charge in [-0.15, -0.1) is 0 Å². The van der Waals surface area contributed by atoms with Crippen LogP contribution >= 0.6 is 0 Å². The molecule has 5 heteroatoms. The van der Waals surface area contributed by atoms with Gasteiger partial charge < -0.3 is 14.6 Å². The molecule has 1 fully saturated rings. The van der Waals surface area contributed by atoms with Crippen molar-refractivity contribution < 1.29 is 19.0 Å². The lowest BCUT2D eigenvalue weighted by Crippen LogP contribution is -2.44. The maximum absolute atomic E-state index is 13.5. The fourth-order valence-corrected chi connectivity index (χ4v) is 1.90. The summed E-state index contributed by atoms with van der Waals surface area (Å²) in [5.41, 5.74) is -0.983. The van der Waals surface area contributed by atoms with Gasteiger partial charge in [0.1, 0.15) is 18.3 Å². The second-order valence-electron chi connectivity index (χ2n) is 4.40. The van der Waals surface area contributed by atoms with Crippen LogP contribution in [0, 0.1) is 17.1 Å². The van der Waals surface area contributed by atoms with Gasteiger partial charge in [-0.1, -0.05) is 6.07 Å². The molecule has 0 amide bonds. The van der Waals surface area contributed by atoms with E-state index in [1.807, 2.05) is 6.07 Å². The molecule has 0 radical (unpaired) electrons. The first-order chi connectivity index (χ1) is 8.64. The molecule has 4 nitrogen and oxygen atoms in total. The molecular weight excluding hydrogens is 237 g/mol. The highest BCUT2D eigenvalue weighted by molar-refractivity contribution is 5.43. The van der Waals surface area contributed by atoms with Gasteiger partial charge in [-0.05, 0) is 25.0 Å². The quantitative estimate of drug-likeness (QED) is 0.886. The van der Waals surface area contributed by atoms with Crippen molar-refractivity contribution in [3.05, 3.63) is 29.6 Å². The van der Waals surface area contributed by atoms with Gasteiger partial charge in [-0.3, -0.25) is 0 Å². The van der Waals surface area contributed by atoms with Gasteiger partial charge in [0.25, 0.3) is 0 Å². The van der Waals surface area contributed by atoms with Gasteiger partial charge in [-0.25, -0.2) is 4.39 Å². The Morgan fingerprint density at radius 1 is 1.56 bits per heavy atom. The van der Waals surface area contributed by atoms with Crippen molar-refractivity contribution in [3.8, 4) is 11.8 Å². The van der Waals surface area contributed by atoms with Crippen LogP contribution in [0.5, 0.6) is 5.75 Å². The molecule has 1 aliphatic rings. The molecule has 1 aromatic rings. The van der Waals surface area contributed by atoms with Crippen molar-refractivity contribution in [1.82, 2.24) is 0 Å². The van der Waals surface area contributed by atoms with E-state index in [1.165, 1.54) is 18.2 Å². The van der Waals surface area contributed by atoms with Gasteiger partial charge in [0.15, 0.2) is 11.6 Å². The maximum atomic E-state index is 13.5. The second kappa shape index (κ2) is 5.34. The normalized spacial score (nSPS) is 23.4. The van der Waals surface area contributed by atoms with E-state index in [9.17, 15) is 9.50 Å². The van der Waals surface area contributed by atoms with Crippen LogP contribution in [0.3, 0.4) is 0 Å². The Morgan fingerprint density at radius 2 is 2.39 bits per heavy atom. The Bertz CT molecular complexity index is 464. The number of benzene rings is 1. The smallest absolute Gasteiger partial charge is 0.172 e. The lowest BCUT2D eigenvalue weighted by atomic mass is 9.98. The molecule has 0 aliphatic carbocycles. The molecular formula is C13H14FNO3. The van der Waals surface area contributed by atoms with Crippen molar-refractivity contribution in [2.24, 2.45) is 0 Å². The summed E-state index contributed by atoms with van der Waals surface area (Å²) in [7, 11) is 0. The maximum Gasteiger partial charge on any atom is 0.172 e. The number of hydrogen-bond donors (Lipinski definition) is 1. The summed E-state index contributed by atoms with van der Waals surface area (Å²) in [5, 5.41) is 19.0. The molecule has 1 atom stereocenters. The van der Waals surface area contributed by atoms with E-state index >= 15 is 0 Å². The Kier molecular flexibility index (Phi) is 3.80. The molecule has 1 heterocycles. The van der Waals surface area contributed by atoms with Crippen molar-refractivity contribution in [2.75, 3.05) is 19.8 Å². The van der Waals surface area contributed by atoms with Gasteiger partial charge in [-0.2, -0.15) is 5.26 Å². The molecule has 0 spiro atoms. The van der Waals surface area contributed by atoms with Gasteiger partial charge in [0.2, 0.25) is 0 Å². The summed E-state index contributed by atoms with van der Waals surface area (Å²) in [4.78, 5) is 0. The third-order valence-corrected chi connectivity index (χ3v) is 2.87. The molecule has 2 rings (SSSR count). The summed E-state index contributed by atoms with van der Waals surface area (Å²) >= 11 is 0.